The van der Waals surface area contributed by atoms with Crippen LogP contribution in [0.5, 0.6) is 0 Å². The maximum absolute atomic E-state index is 13.9. The van der Waals surface area contributed by atoms with Gasteiger partial charge in [0.1, 0.15) is 5.69 Å². The molecule has 2 aliphatic rings. The van der Waals surface area contributed by atoms with Crippen molar-refractivity contribution in [2.24, 2.45) is 12.8 Å². The molecule has 1 aliphatic heterocycles. The van der Waals surface area contributed by atoms with E-state index in [1.807, 2.05) is 30.3 Å². The van der Waals surface area contributed by atoms with Crippen molar-refractivity contribution in [2.75, 3.05) is 13.1 Å². The lowest BCUT2D eigenvalue weighted by Crippen LogP contribution is -2.62. The normalized spacial score (nSPS) is 17.6. The second kappa shape index (κ2) is 11.4. The first-order valence-electron chi connectivity index (χ1n) is 15.0. The number of nitrogens with one attached hydrogen (secondary N) is 1. The van der Waals surface area contributed by atoms with Crippen molar-refractivity contribution in [1.82, 2.24) is 20.0 Å². The number of nitrogens with two attached hydrogens (primary N) is 1. The number of aromatic nitrogens is 2. The molecule has 11 nitrogen and oxygen atoms in total. The molecule has 4 N–H and O–H groups in total. The first-order chi connectivity index (χ1) is 21.0. The lowest BCUT2D eigenvalue weighted by atomic mass is 9.89. The van der Waals surface area contributed by atoms with Crippen LogP contribution in [-0.2, 0) is 23.3 Å². The Morgan fingerprint density at radius 1 is 1.11 bits per heavy atom. The maximum atomic E-state index is 13.9. The van der Waals surface area contributed by atoms with E-state index >= 15 is 0 Å². The van der Waals surface area contributed by atoms with Gasteiger partial charge in [-0.3, -0.25) is 14.3 Å². The van der Waals surface area contributed by atoms with Gasteiger partial charge in [-0.25, -0.2) is 8.42 Å². The molecule has 2 aromatic carbocycles. The van der Waals surface area contributed by atoms with Crippen molar-refractivity contribution < 1.29 is 23.1 Å². The third-order valence-electron chi connectivity index (χ3n) is 9.18. The van der Waals surface area contributed by atoms with Crippen molar-refractivity contribution in [3.8, 4) is 6.07 Å². The van der Waals surface area contributed by atoms with Crippen LogP contribution < -0.4 is 11.1 Å². The van der Waals surface area contributed by atoms with E-state index in [0.29, 0.717) is 30.4 Å². The van der Waals surface area contributed by atoms with E-state index in [9.17, 15) is 28.4 Å². The number of nitrogens with zero attached hydrogens (tertiary/aromatic N) is 4. The number of amides is 2. The highest BCUT2D eigenvalue weighted by Gasteiger charge is 2.63. The van der Waals surface area contributed by atoms with Gasteiger partial charge in [-0.15, -0.1) is 0 Å². The lowest BCUT2D eigenvalue weighted by molar-refractivity contribution is 0.0694. The Morgan fingerprint density at radius 2 is 1.71 bits per heavy atom. The van der Waals surface area contributed by atoms with Gasteiger partial charge >= 0.3 is 0 Å². The zero-order chi connectivity index (χ0) is 32.9. The minimum absolute atomic E-state index is 0.0176. The summed E-state index contributed by atoms with van der Waals surface area (Å²) in [6.07, 6.45) is -0.244. The highest BCUT2D eigenvalue weighted by atomic mass is 32.2. The van der Waals surface area contributed by atoms with E-state index in [4.69, 9.17) is 5.73 Å². The molecule has 45 heavy (non-hydrogen) atoms. The van der Waals surface area contributed by atoms with Crippen LogP contribution in [0.2, 0.25) is 0 Å². The van der Waals surface area contributed by atoms with Gasteiger partial charge in [0.05, 0.1) is 33.3 Å². The molecule has 1 fully saturated rings. The summed E-state index contributed by atoms with van der Waals surface area (Å²) in [7, 11) is -2.33. The van der Waals surface area contributed by atoms with Crippen molar-refractivity contribution in [3.63, 3.8) is 0 Å². The molecule has 12 heteroatoms. The molecular weight excluding hydrogens is 592 g/mol. The summed E-state index contributed by atoms with van der Waals surface area (Å²) in [4.78, 5) is 29.1. The number of hydrogen-bond donors (Lipinski definition) is 3. The van der Waals surface area contributed by atoms with Crippen LogP contribution in [0.25, 0.3) is 0 Å². The van der Waals surface area contributed by atoms with Crippen LogP contribution in [0, 0.1) is 11.3 Å². The molecule has 2 amide bonds. The van der Waals surface area contributed by atoms with E-state index in [-0.39, 0.29) is 24.5 Å². The number of aliphatic hydroxyl groups excluding tert-OH is 1. The molecule has 0 saturated heterocycles. The highest BCUT2D eigenvalue weighted by Crippen LogP contribution is 2.50. The number of nitriles is 1. The number of fused-ring (bicyclic) bond motifs is 1. The van der Waals surface area contributed by atoms with Gasteiger partial charge in [0.25, 0.3) is 11.8 Å². The first kappa shape index (κ1) is 32.3. The van der Waals surface area contributed by atoms with E-state index in [1.54, 1.807) is 45.2 Å². The number of carbonyl (C=O) groups is 2. The van der Waals surface area contributed by atoms with Crippen LogP contribution in [0.3, 0.4) is 0 Å². The van der Waals surface area contributed by atoms with Gasteiger partial charge in [-0.1, -0.05) is 42.5 Å². The summed E-state index contributed by atoms with van der Waals surface area (Å²) in [5.74, 6) is -0.844. The topological polar surface area (TPSA) is 171 Å². The molecule has 0 spiro atoms. The van der Waals surface area contributed by atoms with Crippen LogP contribution in [0.1, 0.15) is 89.8 Å². The monoisotopic (exact) mass is 632 g/mol. The molecule has 0 bridgehead atoms. The fourth-order valence-corrected chi connectivity index (χ4v) is 9.14. The number of benzene rings is 2. The molecule has 2 atom stereocenters. The quantitative estimate of drug-likeness (QED) is 0.306. The van der Waals surface area contributed by atoms with Gasteiger partial charge < -0.3 is 21.1 Å². The summed E-state index contributed by atoms with van der Waals surface area (Å²) in [6.45, 7) is 6.36. The Bertz CT molecular complexity index is 1760. The fraction of sp³-hybridized carbons (Fsp3) is 0.455. The van der Waals surface area contributed by atoms with Crippen molar-refractivity contribution in [3.05, 3.63) is 88.2 Å². The van der Waals surface area contributed by atoms with Crippen LogP contribution >= 0.6 is 0 Å². The Balaban J connectivity index is 1.39. The summed E-state index contributed by atoms with van der Waals surface area (Å²) < 4.78 is 26.6. The van der Waals surface area contributed by atoms with Gasteiger partial charge in [-0.05, 0) is 70.2 Å². The fourth-order valence-electron chi connectivity index (χ4n) is 6.46. The van der Waals surface area contributed by atoms with Crippen LogP contribution in [-0.4, -0.2) is 74.2 Å². The smallest absolute Gasteiger partial charge is 0.272 e. The third kappa shape index (κ3) is 5.65. The van der Waals surface area contributed by atoms with E-state index < -0.39 is 48.8 Å². The average molecular weight is 633 g/mol. The first-order valence-corrected chi connectivity index (χ1v) is 16.4. The number of sulfone groups is 1. The molecule has 238 valence electrons. The largest absolute Gasteiger partial charge is 0.390 e. The predicted octanol–water partition coefficient (Wildman–Crippen LogP) is 2.63. The average Bonchev–Trinajstić information content (AvgIpc) is 3.72. The van der Waals surface area contributed by atoms with Gasteiger partial charge in [0, 0.05) is 31.2 Å². The molecule has 3 aromatic rings. The molecular formula is C33H40N6O5S. The SMILES string of the molecule is Cn1nc(C(=O)NC(c2ccccc2)c2ccc(C#N)cc2)c2c1C(=O)N(CC1(S(=O)(=O)C(C)(C)C(O)C(C)(C)N)CC1)CC2. The van der Waals surface area contributed by atoms with Crippen LogP contribution in [0.4, 0.5) is 0 Å². The van der Waals surface area contributed by atoms with Crippen molar-refractivity contribution in [1.29, 1.82) is 5.26 Å². The van der Waals surface area contributed by atoms with E-state index in [2.05, 4.69) is 16.5 Å². The van der Waals surface area contributed by atoms with Gasteiger partial charge in [0.2, 0.25) is 0 Å². The van der Waals surface area contributed by atoms with E-state index in [1.165, 1.54) is 23.4 Å². The van der Waals surface area contributed by atoms with Crippen molar-refractivity contribution in [2.45, 2.75) is 74.1 Å². The van der Waals surface area contributed by atoms with Gasteiger partial charge in [0.15, 0.2) is 15.5 Å². The maximum Gasteiger partial charge on any atom is 0.272 e. The molecule has 1 aliphatic carbocycles. The van der Waals surface area contributed by atoms with Crippen molar-refractivity contribution >= 4 is 21.7 Å². The molecule has 1 aromatic heterocycles. The number of hydrogen-bond acceptors (Lipinski definition) is 8. The summed E-state index contributed by atoms with van der Waals surface area (Å²) >= 11 is 0. The Hall–Kier alpha value is -4.05. The number of aryl methyl sites for hydroxylation is 1. The standard InChI is InChI=1S/C33H40N6O5S/c1-31(2,35)30(42)32(3,4)45(43,44)33(16-17-33)20-39-18-15-24-26(37-38(5)27(24)29(39)41)28(40)36-25(22-9-7-6-8-10-22)23-13-11-21(19-34)12-14-23/h6-14,25,30,42H,15-18,20,35H2,1-5H3,(H,36,40). The van der Waals surface area contributed by atoms with E-state index in [0.717, 1.165) is 11.1 Å². The minimum atomic E-state index is -3.93. The Labute approximate surface area is 263 Å². The summed E-state index contributed by atoms with van der Waals surface area (Å²) in [5.41, 5.74) is 7.97. The number of carbonyl (C=O) groups excluding carboxylic acids is 2. The molecule has 1 saturated carbocycles. The Morgan fingerprint density at radius 3 is 2.27 bits per heavy atom. The minimum Gasteiger partial charge on any atom is -0.390 e. The molecule has 2 unspecified atom stereocenters. The second-order valence-electron chi connectivity index (χ2n) is 13.3. The zero-order valence-electron chi connectivity index (χ0n) is 26.2. The predicted molar refractivity (Wildman–Crippen MR) is 169 cm³/mol. The third-order valence-corrected chi connectivity index (χ3v) is 12.5. The molecule has 2 heterocycles. The van der Waals surface area contributed by atoms with Gasteiger partial charge in [-0.2, -0.15) is 10.4 Å². The number of rotatable bonds is 10. The zero-order valence-corrected chi connectivity index (χ0v) is 27.1. The molecule has 0 radical (unpaired) electrons. The summed E-state index contributed by atoms with van der Waals surface area (Å²) in [6, 6.07) is 18.0. The number of aliphatic hydroxyl groups is 1. The second-order valence-corrected chi connectivity index (χ2v) is 16.3. The highest BCUT2D eigenvalue weighted by molar-refractivity contribution is 7.94. The Kier molecular flexibility index (Phi) is 8.19. The lowest BCUT2D eigenvalue weighted by Gasteiger charge is -2.41. The molecule has 5 rings (SSSR count). The van der Waals surface area contributed by atoms with Crippen LogP contribution in [0.15, 0.2) is 54.6 Å². The summed E-state index contributed by atoms with van der Waals surface area (Å²) in [5, 5.41) is 27.6.